The van der Waals surface area contributed by atoms with Gasteiger partial charge >= 0.3 is 0 Å². The van der Waals surface area contributed by atoms with Crippen LogP contribution in [0.5, 0.6) is 0 Å². The zero-order valence-corrected chi connectivity index (χ0v) is 15.6. The van der Waals surface area contributed by atoms with Crippen LogP contribution in [0.3, 0.4) is 0 Å². The first-order valence-corrected chi connectivity index (χ1v) is 8.87. The Morgan fingerprint density at radius 2 is 1.93 bits per heavy atom. The summed E-state index contributed by atoms with van der Waals surface area (Å²) >= 11 is 0. The van der Waals surface area contributed by atoms with E-state index >= 15 is 0 Å². The quantitative estimate of drug-likeness (QED) is 0.467. The molecule has 3 aromatic rings. The highest BCUT2D eigenvalue weighted by molar-refractivity contribution is 6.04. The molecule has 0 aliphatic carbocycles. The van der Waals surface area contributed by atoms with Gasteiger partial charge in [0, 0.05) is 29.9 Å². The van der Waals surface area contributed by atoms with Gasteiger partial charge in [0.2, 0.25) is 0 Å². The van der Waals surface area contributed by atoms with Gasteiger partial charge in [-0.1, -0.05) is 32.0 Å². The van der Waals surface area contributed by atoms with Crippen LogP contribution in [-0.4, -0.2) is 20.6 Å². The minimum Gasteiger partial charge on any atom is -0.350 e. The number of hydrogen-bond donors (Lipinski definition) is 2. The Kier molecular flexibility index (Phi) is 5.69. The van der Waals surface area contributed by atoms with Crippen LogP contribution in [0.25, 0.3) is 0 Å². The minimum absolute atomic E-state index is 0.174. The average Bonchev–Trinajstić information content (AvgIpc) is 3.08. The molecule has 1 aromatic heterocycles. The molecule has 28 heavy (non-hydrogen) atoms. The van der Waals surface area contributed by atoms with E-state index in [0.29, 0.717) is 24.0 Å². The predicted molar refractivity (Wildman–Crippen MR) is 108 cm³/mol. The molecule has 8 heteroatoms. The van der Waals surface area contributed by atoms with E-state index in [1.165, 1.54) is 12.1 Å². The number of carbonyl (C=O) groups excluding carboxylic acids is 1. The Morgan fingerprint density at radius 1 is 1.18 bits per heavy atom. The molecule has 1 amide bonds. The van der Waals surface area contributed by atoms with E-state index in [1.54, 1.807) is 35.1 Å². The molecule has 3 rings (SSSR count). The summed E-state index contributed by atoms with van der Waals surface area (Å²) in [4.78, 5) is 23.6. The summed E-state index contributed by atoms with van der Waals surface area (Å²) in [7, 11) is 0. The maximum absolute atomic E-state index is 12.6. The summed E-state index contributed by atoms with van der Waals surface area (Å²) in [6.07, 6.45) is 1.60. The fraction of sp³-hybridized carbons (Fsp3) is 0.200. The van der Waals surface area contributed by atoms with Crippen molar-refractivity contribution in [3.05, 3.63) is 76.5 Å². The molecule has 8 nitrogen and oxygen atoms in total. The van der Waals surface area contributed by atoms with Crippen molar-refractivity contribution in [2.24, 2.45) is 5.92 Å². The molecule has 2 aromatic carbocycles. The number of benzene rings is 2. The van der Waals surface area contributed by atoms with Gasteiger partial charge in [-0.2, -0.15) is 5.10 Å². The lowest BCUT2D eigenvalue weighted by Gasteiger charge is -2.12. The highest BCUT2D eigenvalue weighted by Crippen LogP contribution is 2.29. The summed E-state index contributed by atoms with van der Waals surface area (Å²) in [6, 6.07) is 15.2. The number of aromatic nitrogens is 2. The van der Waals surface area contributed by atoms with E-state index in [9.17, 15) is 14.9 Å². The highest BCUT2D eigenvalue weighted by Gasteiger charge is 2.19. The molecular weight excluding hydrogens is 358 g/mol. The average molecular weight is 379 g/mol. The first-order valence-electron chi connectivity index (χ1n) is 8.87. The van der Waals surface area contributed by atoms with Gasteiger partial charge in [0.15, 0.2) is 0 Å². The van der Waals surface area contributed by atoms with Crippen LogP contribution >= 0.6 is 0 Å². The number of nitrogens with one attached hydrogen (secondary N) is 2. The fourth-order valence-electron chi connectivity index (χ4n) is 2.73. The molecule has 0 fully saturated rings. The van der Waals surface area contributed by atoms with E-state index in [1.807, 2.05) is 18.2 Å². The van der Waals surface area contributed by atoms with Crippen LogP contribution in [0.15, 0.2) is 60.8 Å². The van der Waals surface area contributed by atoms with Gasteiger partial charge in [-0.15, -0.1) is 0 Å². The monoisotopic (exact) mass is 379 g/mol. The van der Waals surface area contributed by atoms with E-state index < -0.39 is 10.8 Å². The SMILES string of the molecule is CC(C)Cn1nccc1NC(=O)c1ccc(Nc2ccccc2)c([N+](=O)[O-])c1. The van der Waals surface area contributed by atoms with Crippen molar-refractivity contribution >= 4 is 28.8 Å². The normalized spacial score (nSPS) is 10.7. The maximum atomic E-state index is 12.6. The first kappa shape index (κ1) is 19.1. The molecular formula is C20H21N5O3. The number of nitro groups is 1. The number of nitrogens with zero attached hydrogens (tertiary/aromatic N) is 3. The Labute approximate surface area is 162 Å². The summed E-state index contributed by atoms with van der Waals surface area (Å²) in [5.41, 5.74) is 1.06. The fourth-order valence-corrected chi connectivity index (χ4v) is 2.73. The van der Waals surface area contributed by atoms with Crippen molar-refractivity contribution < 1.29 is 9.72 Å². The Balaban J connectivity index is 1.82. The molecule has 1 heterocycles. The van der Waals surface area contributed by atoms with Crippen molar-refractivity contribution in [2.45, 2.75) is 20.4 Å². The van der Waals surface area contributed by atoms with Crippen molar-refractivity contribution in [2.75, 3.05) is 10.6 Å². The molecule has 0 spiro atoms. The Hall–Kier alpha value is -3.68. The largest absolute Gasteiger partial charge is 0.350 e. The highest BCUT2D eigenvalue weighted by atomic mass is 16.6. The van der Waals surface area contributed by atoms with Crippen molar-refractivity contribution in [3.63, 3.8) is 0 Å². The van der Waals surface area contributed by atoms with Crippen molar-refractivity contribution in [1.82, 2.24) is 9.78 Å². The van der Waals surface area contributed by atoms with Gasteiger partial charge < -0.3 is 10.6 Å². The summed E-state index contributed by atoms with van der Waals surface area (Å²) < 4.78 is 1.70. The number of para-hydroxylation sites is 1. The lowest BCUT2D eigenvalue weighted by molar-refractivity contribution is -0.383. The van der Waals surface area contributed by atoms with Gasteiger partial charge in [-0.25, -0.2) is 4.68 Å². The van der Waals surface area contributed by atoms with Gasteiger partial charge in [0.05, 0.1) is 11.1 Å². The predicted octanol–water partition coefficient (Wildman–Crippen LogP) is 4.44. The minimum atomic E-state index is -0.509. The van der Waals surface area contributed by atoms with Crippen molar-refractivity contribution in [3.8, 4) is 0 Å². The van der Waals surface area contributed by atoms with Crippen LogP contribution in [0.4, 0.5) is 22.9 Å². The van der Waals surface area contributed by atoms with E-state index in [-0.39, 0.29) is 11.3 Å². The van der Waals surface area contributed by atoms with E-state index in [0.717, 1.165) is 5.69 Å². The molecule has 0 atom stereocenters. The third kappa shape index (κ3) is 4.53. The second-order valence-electron chi connectivity index (χ2n) is 6.73. The van der Waals surface area contributed by atoms with E-state index in [2.05, 4.69) is 29.6 Å². The second-order valence-corrected chi connectivity index (χ2v) is 6.73. The van der Waals surface area contributed by atoms with Crippen LogP contribution < -0.4 is 10.6 Å². The molecule has 0 radical (unpaired) electrons. The maximum Gasteiger partial charge on any atom is 0.293 e. The third-order valence-electron chi connectivity index (χ3n) is 4.01. The topological polar surface area (TPSA) is 102 Å². The molecule has 0 bridgehead atoms. The number of amides is 1. The molecule has 0 aliphatic rings. The number of carbonyl (C=O) groups is 1. The number of anilines is 3. The molecule has 0 unspecified atom stereocenters. The van der Waals surface area contributed by atoms with Gasteiger partial charge in [-0.05, 0) is 30.2 Å². The molecule has 0 saturated carbocycles. The molecule has 0 saturated heterocycles. The van der Waals surface area contributed by atoms with E-state index in [4.69, 9.17) is 0 Å². The summed E-state index contributed by atoms with van der Waals surface area (Å²) in [5.74, 6) is 0.479. The first-order chi connectivity index (χ1) is 13.4. The van der Waals surface area contributed by atoms with Gasteiger partial charge in [0.1, 0.15) is 11.5 Å². The van der Waals surface area contributed by atoms with Crippen LogP contribution in [0, 0.1) is 16.0 Å². The lowest BCUT2D eigenvalue weighted by Crippen LogP contribution is -2.17. The zero-order chi connectivity index (χ0) is 20.1. The summed E-state index contributed by atoms with van der Waals surface area (Å²) in [6.45, 7) is 4.76. The molecule has 2 N–H and O–H groups in total. The van der Waals surface area contributed by atoms with Gasteiger partial charge in [-0.3, -0.25) is 14.9 Å². The number of hydrogen-bond acceptors (Lipinski definition) is 5. The standard InChI is InChI=1S/C20H21N5O3/c1-14(2)13-24-19(10-11-21-24)23-20(26)15-8-9-17(18(12-15)25(27)28)22-16-6-4-3-5-7-16/h3-12,14,22H,13H2,1-2H3,(H,23,26). The van der Waals surface area contributed by atoms with Crippen LogP contribution in [0.2, 0.25) is 0 Å². The van der Waals surface area contributed by atoms with Gasteiger partial charge in [0.25, 0.3) is 11.6 Å². The lowest BCUT2D eigenvalue weighted by atomic mass is 10.1. The summed E-state index contributed by atoms with van der Waals surface area (Å²) in [5, 5.41) is 21.5. The number of nitro benzene ring substituents is 1. The second kappa shape index (κ2) is 8.34. The number of rotatable bonds is 7. The third-order valence-corrected chi connectivity index (χ3v) is 4.01. The van der Waals surface area contributed by atoms with Crippen molar-refractivity contribution in [1.29, 1.82) is 0 Å². The molecule has 144 valence electrons. The smallest absolute Gasteiger partial charge is 0.293 e. The van der Waals surface area contributed by atoms with Crippen LogP contribution in [0.1, 0.15) is 24.2 Å². The van der Waals surface area contributed by atoms with Crippen LogP contribution in [-0.2, 0) is 6.54 Å². The molecule has 0 aliphatic heterocycles. The zero-order valence-electron chi connectivity index (χ0n) is 15.6. The Morgan fingerprint density at radius 3 is 2.61 bits per heavy atom. The Bertz CT molecular complexity index is 983.